The molecule has 254 valence electrons. The van der Waals surface area contributed by atoms with Gasteiger partial charge in [0.15, 0.2) is 11.5 Å². The molecule has 11 heteroatoms. The quantitative estimate of drug-likeness (QED) is 0.168. The van der Waals surface area contributed by atoms with E-state index in [1.807, 2.05) is 82.3 Å². The molecule has 0 bridgehead atoms. The van der Waals surface area contributed by atoms with Crippen LogP contribution in [0, 0.1) is 6.92 Å². The Kier molecular flexibility index (Phi) is 11.9. The van der Waals surface area contributed by atoms with Gasteiger partial charge in [-0.25, -0.2) is 8.42 Å². The number of benzene rings is 4. The minimum Gasteiger partial charge on any atom is -0.493 e. The molecule has 1 atom stereocenters. The number of nitrogens with one attached hydrogen (secondary N) is 1. The molecule has 0 fully saturated rings. The number of hydrogen-bond donors (Lipinski definition) is 1. The fraction of sp³-hybridized carbons (Fsp3) is 0.297. The van der Waals surface area contributed by atoms with Crippen molar-refractivity contribution < 1.29 is 27.5 Å². The Bertz CT molecular complexity index is 1830. The van der Waals surface area contributed by atoms with Crippen LogP contribution in [0.15, 0.2) is 106 Å². The number of carbonyl (C=O) groups excluding carboxylic acids is 2. The third-order valence-electron chi connectivity index (χ3n) is 7.56. The van der Waals surface area contributed by atoms with Crippen LogP contribution in [0.2, 0.25) is 0 Å². The van der Waals surface area contributed by atoms with Crippen molar-refractivity contribution in [1.82, 2.24) is 10.2 Å². The summed E-state index contributed by atoms with van der Waals surface area (Å²) in [5, 5.41) is 3.04. The van der Waals surface area contributed by atoms with Crippen molar-refractivity contribution in [2.75, 3.05) is 25.1 Å². The Morgan fingerprint density at radius 3 is 2.08 bits per heavy atom. The summed E-state index contributed by atoms with van der Waals surface area (Å²) in [6, 6.07) is 27.1. The number of methoxy groups -OCH3 is 2. The third kappa shape index (κ3) is 9.38. The van der Waals surface area contributed by atoms with Gasteiger partial charge in [-0.15, -0.1) is 0 Å². The Hall–Kier alpha value is -4.35. The second-order valence-electron chi connectivity index (χ2n) is 12.5. The van der Waals surface area contributed by atoms with E-state index in [4.69, 9.17) is 9.47 Å². The molecule has 48 heavy (non-hydrogen) atoms. The number of nitrogens with zero attached hydrogens (tertiary/aromatic N) is 2. The van der Waals surface area contributed by atoms with E-state index in [1.54, 1.807) is 24.3 Å². The number of rotatable bonds is 13. The number of aryl methyl sites for hydroxylation is 1. The highest BCUT2D eigenvalue weighted by atomic mass is 79.9. The molecule has 4 aromatic rings. The molecule has 0 radical (unpaired) electrons. The van der Waals surface area contributed by atoms with Gasteiger partial charge in [-0.1, -0.05) is 76.1 Å². The first kappa shape index (κ1) is 36.5. The number of halogens is 1. The molecular weight excluding hydrogens is 694 g/mol. The monoisotopic (exact) mass is 735 g/mol. The normalized spacial score (nSPS) is 12.1. The molecule has 0 aromatic heterocycles. The van der Waals surface area contributed by atoms with Gasteiger partial charge >= 0.3 is 0 Å². The number of carbonyl (C=O) groups is 2. The number of ether oxygens (including phenoxy) is 2. The molecule has 0 aliphatic heterocycles. The maximum Gasteiger partial charge on any atom is 0.264 e. The molecule has 9 nitrogen and oxygen atoms in total. The van der Waals surface area contributed by atoms with Gasteiger partial charge in [0.1, 0.15) is 12.6 Å². The van der Waals surface area contributed by atoms with Crippen molar-refractivity contribution in [3.63, 3.8) is 0 Å². The molecule has 4 aromatic carbocycles. The van der Waals surface area contributed by atoms with E-state index in [9.17, 15) is 18.0 Å². The molecule has 1 N–H and O–H groups in total. The zero-order valence-electron chi connectivity index (χ0n) is 28.1. The Morgan fingerprint density at radius 2 is 1.48 bits per heavy atom. The first-order chi connectivity index (χ1) is 22.7. The molecule has 0 saturated carbocycles. The van der Waals surface area contributed by atoms with Gasteiger partial charge in [0.2, 0.25) is 11.8 Å². The first-order valence-corrected chi connectivity index (χ1v) is 17.7. The van der Waals surface area contributed by atoms with Crippen molar-refractivity contribution in [1.29, 1.82) is 0 Å². The van der Waals surface area contributed by atoms with Crippen LogP contribution in [0.4, 0.5) is 5.69 Å². The summed E-state index contributed by atoms with van der Waals surface area (Å²) in [6.07, 6.45) is 0.218. The summed E-state index contributed by atoms with van der Waals surface area (Å²) >= 11 is 3.51. The summed E-state index contributed by atoms with van der Waals surface area (Å²) in [6.45, 7) is 7.01. The maximum atomic E-state index is 14.7. The van der Waals surface area contributed by atoms with Gasteiger partial charge in [-0.2, -0.15) is 0 Å². The average Bonchev–Trinajstić information content (AvgIpc) is 3.04. The second kappa shape index (κ2) is 15.7. The Labute approximate surface area is 292 Å². The van der Waals surface area contributed by atoms with E-state index >= 15 is 0 Å². The van der Waals surface area contributed by atoms with Crippen molar-refractivity contribution in [2.45, 2.75) is 57.1 Å². The summed E-state index contributed by atoms with van der Waals surface area (Å²) in [7, 11) is -1.44. The molecular formula is C37H42BrN3O6S. The van der Waals surface area contributed by atoms with E-state index in [1.165, 1.54) is 37.3 Å². The number of hydrogen-bond acceptors (Lipinski definition) is 6. The minimum absolute atomic E-state index is 0.0610. The van der Waals surface area contributed by atoms with Gasteiger partial charge in [0.05, 0.1) is 24.8 Å². The highest BCUT2D eigenvalue weighted by Crippen LogP contribution is 2.32. The maximum absolute atomic E-state index is 14.7. The van der Waals surface area contributed by atoms with Crippen LogP contribution < -0.4 is 19.1 Å². The largest absolute Gasteiger partial charge is 0.493 e. The van der Waals surface area contributed by atoms with E-state index in [-0.39, 0.29) is 29.5 Å². The van der Waals surface area contributed by atoms with Crippen LogP contribution in [-0.4, -0.2) is 57.5 Å². The van der Waals surface area contributed by atoms with E-state index in [0.29, 0.717) is 11.4 Å². The predicted molar refractivity (Wildman–Crippen MR) is 192 cm³/mol. The Morgan fingerprint density at radius 1 is 0.833 bits per heavy atom. The molecule has 0 aliphatic carbocycles. The summed E-state index contributed by atoms with van der Waals surface area (Å²) < 4.78 is 41.4. The fourth-order valence-electron chi connectivity index (χ4n) is 5.18. The molecule has 0 aliphatic rings. The van der Waals surface area contributed by atoms with Crippen LogP contribution in [0.3, 0.4) is 0 Å². The molecule has 0 heterocycles. The zero-order valence-corrected chi connectivity index (χ0v) is 30.5. The van der Waals surface area contributed by atoms with Crippen LogP contribution in [0.25, 0.3) is 0 Å². The molecule has 4 rings (SSSR count). The summed E-state index contributed by atoms with van der Waals surface area (Å²) in [5.41, 5.74) is 2.26. The van der Waals surface area contributed by atoms with E-state index < -0.39 is 34.1 Å². The van der Waals surface area contributed by atoms with E-state index in [0.717, 1.165) is 25.5 Å². The van der Waals surface area contributed by atoms with Crippen molar-refractivity contribution in [2.24, 2.45) is 0 Å². The standard InChI is InChI=1S/C37H42BrN3O6S/c1-26-15-17-30(18-16-26)41(48(44,45)31-19-20-33(46-5)34(23-31)47-6)25-35(42)40(24-28-13-10-14-29(38)21-28)32(36(43)39-37(2,3)4)22-27-11-8-7-9-12-27/h7-21,23,32H,22,24-25H2,1-6H3,(H,39,43). The molecule has 0 spiro atoms. The summed E-state index contributed by atoms with van der Waals surface area (Å²) in [4.78, 5) is 30.1. The minimum atomic E-state index is -4.32. The smallest absolute Gasteiger partial charge is 0.264 e. The third-order valence-corrected chi connectivity index (χ3v) is 9.82. The first-order valence-electron chi connectivity index (χ1n) is 15.4. The van der Waals surface area contributed by atoms with Crippen LogP contribution >= 0.6 is 15.9 Å². The number of anilines is 1. The van der Waals surface area contributed by atoms with E-state index in [2.05, 4.69) is 21.2 Å². The highest BCUT2D eigenvalue weighted by Gasteiger charge is 2.36. The Balaban J connectivity index is 1.84. The number of sulfonamides is 1. The second-order valence-corrected chi connectivity index (χ2v) is 15.2. The van der Waals surface area contributed by atoms with Crippen molar-refractivity contribution in [3.8, 4) is 11.5 Å². The van der Waals surface area contributed by atoms with Crippen molar-refractivity contribution in [3.05, 3.63) is 118 Å². The lowest BCUT2D eigenvalue weighted by Gasteiger charge is -2.35. The van der Waals surface area contributed by atoms with Gasteiger partial charge in [0, 0.05) is 29.0 Å². The lowest BCUT2D eigenvalue weighted by molar-refractivity contribution is -0.140. The molecule has 2 amide bonds. The van der Waals surface area contributed by atoms with Crippen LogP contribution in [0.1, 0.15) is 37.5 Å². The average molecular weight is 737 g/mol. The van der Waals surface area contributed by atoms with Gasteiger partial charge in [0.25, 0.3) is 10.0 Å². The molecule has 0 saturated heterocycles. The van der Waals surface area contributed by atoms with Crippen LogP contribution in [0.5, 0.6) is 11.5 Å². The SMILES string of the molecule is COc1ccc(S(=O)(=O)N(CC(=O)N(Cc2cccc(Br)c2)C(Cc2ccccc2)C(=O)NC(C)(C)C)c2ccc(C)cc2)cc1OC. The zero-order chi connectivity index (χ0) is 35.1. The fourth-order valence-corrected chi connectivity index (χ4v) is 7.06. The van der Waals surface area contributed by atoms with Gasteiger partial charge in [-0.05, 0) is 75.2 Å². The molecule has 1 unspecified atom stereocenters. The van der Waals surface area contributed by atoms with Crippen LogP contribution in [-0.2, 0) is 32.6 Å². The summed E-state index contributed by atoms with van der Waals surface area (Å²) in [5.74, 6) is -0.307. The highest BCUT2D eigenvalue weighted by molar-refractivity contribution is 9.10. The topological polar surface area (TPSA) is 105 Å². The predicted octanol–water partition coefficient (Wildman–Crippen LogP) is 6.52. The number of amides is 2. The van der Waals surface area contributed by atoms with Gasteiger partial charge in [-0.3, -0.25) is 13.9 Å². The lowest BCUT2D eigenvalue weighted by Crippen LogP contribution is -2.56. The van der Waals surface area contributed by atoms with Gasteiger partial charge < -0.3 is 19.7 Å². The van der Waals surface area contributed by atoms with Crippen molar-refractivity contribution >= 4 is 43.5 Å². The lowest BCUT2D eigenvalue weighted by atomic mass is 10.0.